The zero-order valence-corrected chi connectivity index (χ0v) is 42.0. The van der Waals surface area contributed by atoms with E-state index in [9.17, 15) is 19.8 Å². The highest BCUT2D eigenvalue weighted by atomic mass is 16.5. The monoisotopic (exact) mass is 884 g/mol. The van der Waals surface area contributed by atoms with Gasteiger partial charge in [0.1, 0.15) is 6.10 Å². The topological polar surface area (TPSA) is 95.9 Å². The number of allylic oxidation sites excluding steroid dienone is 8. The Hall–Kier alpha value is -2.18. The van der Waals surface area contributed by atoms with E-state index in [-0.39, 0.29) is 24.9 Å². The Morgan fingerprint density at radius 1 is 0.476 bits per heavy atom. The molecular weight excluding hydrogens is 779 g/mol. The molecule has 0 heterocycles. The lowest BCUT2D eigenvalue weighted by molar-refractivity contribution is -0.151. The number of hydrogen-bond acceptors (Lipinski definition) is 5. The fourth-order valence-corrected chi connectivity index (χ4v) is 8.26. The van der Waals surface area contributed by atoms with Gasteiger partial charge in [0.2, 0.25) is 5.91 Å². The summed E-state index contributed by atoms with van der Waals surface area (Å²) in [5.74, 6) is -0.485. The van der Waals surface area contributed by atoms with E-state index >= 15 is 0 Å². The minimum absolute atomic E-state index is 0.0673. The largest absolute Gasteiger partial charge is 0.462 e. The lowest BCUT2D eigenvalue weighted by Gasteiger charge is -2.24. The number of carbonyl (C=O) groups excluding carboxylic acids is 2. The number of hydrogen-bond donors (Lipinski definition) is 3. The fraction of sp³-hybridized carbons (Fsp3) is 0.825. The molecule has 0 aliphatic heterocycles. The van der Waals surface area contributed by atoms with Crippen molar-refractivity contribution in [3.8, 4) is 0 Å². The van der Waals surface area contributed by atoms with Gasteiger partial charge < -0.3 is 20.3 Å². The summed E-state index contributed by atoms with van der Waals surface area (Å²) in [5, 5.41) is 23.8. The molecule has 0 aromatic carbocycles. The second-order valence-corrected chi connectivity index (χ2v) is 18.6. The lowest BCUT2D eigenvalue weighted by atomic mass is 10.0. The van der Waals surface area contributed by atoms with Crippen molar-refractivity contribution in [2.75, 3.05) is 6.61 Å². The van der Waals surface area contributed by atoms with Crippen LogP contribution in [0.25, 0.3) is 0 Å². The van der Waals surface area contributed by atoms with Gasteiger partial charge in [0.05, 0.1) is 25.2 Å². The summed E-state index contributed by atoms with van der Waals surface area (Å²) in [5.41, 5.74) is 0. The van der Waals surface area contributed by atoms with Crippen LogP contribution >= 0.6 is 0 Å². The second kappa shape index (κ2) is 50.8. The maximum absolute atomic E-state index is 13.2. The summed E-state index contributed by atoms with van der Waals surface area (Å²) >= 11 is 0. The Labute approximate surface area is 391 Å². The number of nitrogens with one attached hydrogen (secondary N) is 1. The number of rotatable bonds is 49. The zero-order valence-electron chi connectivity index (χ0n) is 42.0. The van der Waals surface area contributed by atoms with Crippen molar-refractivity contribution in [3.63, 3.8) is 0 Å². The van der Waals surface area contributed by atoms with Crippen molar-refractivity contribution in [1.29, 1.82) is 0 Å². The normalized spacial score (nSPS) is 13.5. The third kappa shape index (κ3) is 46.2. The van der Waals surface area contributed by atoms with E-state index in [2.05, 4.69) is 74.7 Å². The smallest absolute Gasteiger partial charge is 0.306 e. The number of unbranched alkanes of at least 4 members (excludes halogenated alkanes) is 29. The summed E-state index contributed by atoms with van der Waals surface area (Å²) < 4.78 is 5.94. The molecule has 63 heavy (non-hydrogen) atoms. The molecule has 3 atom stereocenters. The first-order chi connectivity index (χ1) is 31.0. The summed E-state index contributed by atoms with van der Waals surface area (Å²) in [7, 11) is 0. The summed E-state index contributed by atoms with van der Waals surface area (Å²) in [6, 6.07) is -0.706. The van der Waals surface area contributed by atoms with Crippen molar-refractivity contribution in [2.24, 2.45) is 0 Å². The van der Waals surface area contributed by atoms with Gasteiger partial charge in [-0.1, -0.05) is 230 Å². The molecule has 0 aromatic rings. The van der Waals surface area contributed by atoms with Crippen LogP contribution in [0.3, 0.4) is 0 Å². The van der Waals surface area contributed by atoms with Gasteiger partial charge in [-0.05, 0) is 83.5 Å². The minimum Gasteiger partial charge on any atom is -0.462 e. The van der Waals surface area contributed by atoms with E-state index < -0.39 is 18.2 Å². The average Bonchev–Trinajstić information content (AvgIpc) is 3.28. The minimum atomic E-state index is -0.792. The summed E-state index contributed by atoms with van der Waals surface area (Å²) in [6.45, 7) is 6.36. The van der Waals surface area contributed by atoms with Crippen molar-refractivity contribution in [2.45, 2.75) is 296 Å². The van der Waals surface area contributed by atoms with Crippen LogP contribution in [0.1, 0.15) is 278 Å². The molecule has 0 rings (SSSR count). The molecule has 0 aliphatic carbocycles. The molecule has 6 heteroatoms. The van der Waals surface area contributed by atoms with E-state index in [0.717, 1.165) is 83.5 Å². The molecule has 0 radical (unpaired) electrons. The Bertz CT molecular complexity index is 1080. The van der Waals surface area contributed by atoms with Gasteiger partial charge in [0.15, 0.2) is 0 Å². The molecule has 0 bridgehead atoms. The first-order valence-electron chi connectivity index (χ1n) is 27.4. The molecule has 3 unspecified atom stereocenters. The third-order valence-corrected chi connectivity index (χ3v) is 12.4. The molecule has 6 nitrogen and oxygen atoms in total. The number of carbonyl (C=O) groups is 2. The molecule has 1 amide bonds. The molecule has 0 saturated heterocycles. The van der Waals surface area contributed by atoms with Crippen molar-refractivity contribution in [1.82, 2.24) is 5.32 Å². The van der Waals surface area contributed by atoms with Crippen molar-refractivity contribution in [3.05, 3.63) is 48.6 Å². The summed E-state index contributed by atoms with van der Waals surface area (Å²) in [4.78, 5) is 26.2. The van der Waals surface area contributed by atoms with Gasteiger partial charge >= 0.3 is 5.97 Å². The van der Waals surface area contributed by atoms with Crippen molar-refractivity contribution >= 4 is 11.9 Å². The van der Waals surface area contributed by atoms with Crippen LogP contribution in [0.2, 0.25) is 0 Å². The quantitative estimate of drug-likeness (QED) is 0.0321. The number of ether oxygens (including phenoxy) is 1. The van der Waals surface area contributed by atoms with Crippen LogP contribution in [-0.2, 0) is 14.3 Å². The highest BCUT2D eigenvalue weighted by molar-refractivity contribution is 5.77. The predicted octanol–water partition coefficient (Wildman–Crippen LogP) is 16.6. The van der Waals surface area contributed by atoms with Gasteiger partial charge in [-0.15, -0.1) is 0 Å². The Balaban J connectivity index is 4.51. The SMILES string of the molecule is CC/C=C/C/C=C/CCCCCCCC(CC(=O)NC(CO)C(O)CCCCCCCCCCCCCCC)OC(=O)CCCCCCCCCCC/C=C\C/C=C\CCCCC. The first-order valence-corrected chi connectivity index (χ1v) is 27.4. The molecule has 0 fully saturated rings. The van der Waals surface area contributed by atoms with Crippen LogP contribution in [0, 0.1) is 0 Å². The number of amides is 1. The van der Waals surface area contributed by atoms with Gasteiger partial charge in [0, 0.05) is 6.42 Å². The number of esters is 1. The van der Waals surface area contributed by atoms with Crippen LogP contribution in [0.15, 0.2) is 48.6 Å². The summed E-state index contributed by atoms with van der Waals surface area (Å²) in [6.07, 6.45) is 61.7. The fourth-order valence-electron chi connectivity index (χ4n) is 8.26. The molecule has 0 aliphatic rings. The van der Waals surface area contributed by atoms with Gasteiger partial charge in [-0.2, -0.15) is 0 Å². The van der Waals surface area contributed by atoms with Crippen LogP contribution in [0.4, 0.5) is 0 Å². The second-order valence-electron chi connectivity index (χ2n) is 18.6. The van der Waals surface area contributed by atoms with Crippen molar-refractivity contribution < 1.29 is 24.5 Å². The van der Waals surface area contributed by atoms with Crippen LogP contribution < -0.4 is 5.32 Å². The number of aliphatic hydroxyl groups excluding tert-OH is 2. The Kier molecular flexibility index (Phi) is 49.1. The van der Waals surface area contributed by atoms with E-state index in [0.29, 0.717) is 19.3 Å². The van der Waals surface area contributed by atoms with Gasteiger partial charge in [-0.25, -0.2) is 0 Å². The number of aliphatic hydroxyl groups is 2. The van der Waals surface area contributed by atoms with Gasteiger partial charge in [-0.3, -0.25) is 9.59 Å². The molecule has 0 spiro atoms. The average molecular weight is 884 g/mol. The highest BCUT2D eigenvalue weighted by Gasteiger charge is 2.24. The first kappa shape index (κ1) is 60.8. The Morgan fingerprint density at radius 2 is 0.857 bits per heavy atom. The predicted molar refractivity (Wildman–Crippen MR) is 273 cm³/mol. The standard InChI is InChI=1S/C57H105NO5/c1-4-7-10-13-16-19-22-25-26-27-28-29-30-32-35-38-41-44-47-50-57(62)63-53(48-45-42-39-36-33-24-21-18-15-12-9-6-3)51-56(61)58-54(52-59)55(60)49-46-43-40-37-34-31-23-20-17-14-11-8-5-2/h9,12,16,18-19,21,25-26,53-55,59-60H,4-8,10-11,13-15,17,20,22-24,27-52H2,1-3H3,(H,58,61)/b12-9+,19-16-,21-18+,26-25-. The van der Waals surface area contributed by atoms with E-state index in [4.69, 9.17) is 4.74 Å². The van der Waals surface area contributed by atoms with Crippen LogP contribution in [0.5, 0.6) is 0 Å². The van der Waals surface area contributed by atoms with E-state index in [1.165, 1.54) is 148 Å². The maximum Gasteiger partial charge on any atom is 0.306 e. The van der Waals surface area contributed by atoms with E-state index in [1.807, 2.05) is 0 Å². The maximum atomic E-state index is 13.2. The molecule has 3 N–H and O–H groups in total. The molecular formula is C57H105NO5. The highest BCUT2D eigenvalue weighted by Crippen LogP contribution is 2.18. The van der Waals surface area contributed by atoms with E-state index in [1.54, 1.807) is 0 Å². The van der Waals surface area contributed by atoms with Gasteiger partial charge in [0.25, 0.3) is 0 Å². The Morgan fingerprint density at radius 3 is 1.32 bits per heavy atom. The zero-order chi connectivity index (χ0) is 45.9. The third-order valence-electron chi connectivity index (χ3n) is 12.4. The lowest BCUT2D eigenvalue weighted by Crippen LogP contribution is -2.46. The molecule has 368 valence electrons. The van der Waals surface area contributed by atoms with Crippen LogP contribution in [-0.4, -0.2) is 46.9 Å². The molecule has 0 saturated carbocycles. The molecule has 0 aromatic heterocycles.